The lowest BCUT2D eigenvalue weighted by molar-refractivity contribution is -0.148. The largest absolute Gasteiger partial charge is 0.480 e. The number of ketones is 2. The van der Waals surface area contributed by atoms with Crippen LogP contribution in [0.2, 0.25) is 0 Å². The van der Waals surface area contributed by atoms with Crippen molar-refractivity contribution >= 4 is 28.9 Å². The number of thiophene rings is 1. The number of carboxylic acids is 1. The van der Waals surface area contributed by atoms with Crippen molar-refractivity contribution in [3.63, 3.8) is 0 Å². The summed E-state index contributed by atoms with van der Waals surface area (Å²) in [6.07, 6.45) is -1.07. The van der Waals surface area contributed by atoms with Gasteiger partial charge in [0.15, 0.2) is 11.9 Å². The van der Waals surface area contributed by atoms with Crippen LogP contribution < -0.4 is 4.74 Å². The van der Waals surface area contributed by atoms with Gasteiger partial charge in [-0.3, -0.25) is 9.59 Å². The number of carboxylic acid groups (broad SMARTS) is 1. The van der Waals surface area contributed by atoms with Gasteiger partial charge in [0.2, 0.25) is 5.78 Å². The topological polar surface area (TPSA) is 80.7 Å². The van der Waals surface area contributed by atoms with Crippen molar-refractivity contribution < 1.29 is 24.2 Å². The van der Waals surface area contributed by atoms with E-state index in [1.165, 1.54) is 11.3 Å². The first kappa shape index (κ1) is 18.5. The number of hydrogen-bond acceptors (Lipinski definition) is 5. The van der Waals surface area contributed by atoms with Gasteiger partial charge in [0, 0.05) is 0 Å². The van der Waals surface area contributed by atoms with Crippen LogP contribution in [0.1, 0.15) is 32.6 Å². The highest BCUT2D eigenvalue weighted by Crippen LogP contribution is 2.33. The maximum absolute atomic E-state index is 12.2. The molecule has 6 heteroatoms. The average molecular weight is 380 g/mol. The third-order valence-electron chi connectivity index (χ3n) is 3.82. The monoisotopic (exact) mass is 380 g/mol. The summed E-state index contributed by atoms with van der Waals surface area (Å²) in [5.74, 6) is -2.54. The lowest BCUT2D eigenvalue weighted by Gasteiger charge is -2.18. The Bertz CT molecular complexity index is 947. The summed E-state index contributed by atoms with van der Waals surface area (Å²) in [4.78, 5) is 35.2. The minimum atomic E-state index is -1.60. The summed E-state index contributed by atoms with van der Waals surface area (Å²) in [6.45, 7) is 0. The Kier molecular flexibility index (Phi) is 5.78. The Hall–Kier alpha value is -3.25. The molecule has 0 aliphatic rings. The molecule has 0 fully saturated rings. The summed E-state index contributed by atoms with van der Waals surface area (Å²) < 4.78 is 6.14. The highest BCUT2D eigenvalue weighted by Gasteiger charge is 2.23. The van der Waals surface area contributed by atoms with E-state index in [1.807, 2.05) is 60.7 Å². The second kappa shape index (κ2) is 8.42. The fourth-order valence-electron chi connectivity index (χ4n) is 2.51. The van der Waals surface area contributed by atoms with Gasteiger partial charge in [0.05, 0.1) is 16.2 Å². The molecule has 0 radical (unpaired) electrons. The van der Waals surface area contributed by atoms with Gasteiger partial charge in [-0.05, 0) is 29.8 Å². The lowest BCUT2D eigenvalue weighted by atomic mass is 10.1. The molecule has 0 bridgehead atoms. The normalized spacial score (nSPS) is 11.6. The number of benzene rings is 2. The number of ether oxygens (including phenoxy) is 1. The van der Waals surface area contributed by atoms with E-state index in [4.69, 9.17) is 9.84 Å². The Balaban J connectivity index is 1.87. The highest BCUT2D eigenvalue weighted by molar-refractivity contribution is 7.14. The Morgan fingerprint density at radius 2 is 1.52 bits per heavy atom. The minimum Gasteiger partial charge on any atom is -0.480 e. The molecule has 5 nitrogen and oxygen atoms in total. The molecule has 0 aliphatic heterocycles. The molecule has 1 atom stereocenters. The van der Waals surface area contributed by atoms with Crippen molar-refractivity contribution in [3.05, 3.63) is 88.1 Å². The standard InChI is InChI=1S/C21H16O5S/c22-16(13-17(23)21(24)25)18-11-12-19(27-18)20(14-7-3-1-4-8-14)26-15-9-5-2-6-10-15/h1-12,20H,13H2,(H,24,25). The Labute approximate surface area is 159 Å². The lowest BCUT2D eigenvalue weighted by Crippen LogP contribution is -2.16. The van der Waals surface area contributed by atoms with Crippen molar-refractivity contribution in [3.8, 4) is 5.75 Å². The molecule has 2 aromatic carbocycles. The molecular weight excluding hydrogens is 364 g/mol. The molecule has 1 heterocycles. The molecule has 3 rings (SSSR count). The van der Waals surface area contributed by atoms with Gasteiger partial charge >= 0.3 is 5.97 Å². The van der Waals surface area contributed by atoms with Crippen LogP contribution in [-0.2, 0) is 9.59 Å². The number of hydrogen-bond donors (Lipinski definition) is 1. The van der Waals surface area contributed by atoms with Crippen LogP contribution >= 0.6 is 11.3 Å². The van der Waals surface area contributed by atoms with Gasteiger partial charge in [-0.2, -0.15) is 0 Å². The summed E-state index contributed by atoms with van der Waals surface area (Å²) in [5, 5.41) is 8.67. The predicted octanol–water partition coefficient (Wildman–Crippen LogP) is 4.14. The molecule has 1 unspecified atom stereocenters. The van der Waals surface area contributed by atoms with Gasteiger partial charge in [-0.15, -0.1) is 11.3 Å². The molecule has 3 aromatic rings. The summed E-state index contributed by atoms with van der Waals surface area (Å²) in [7, 11) is 0. The molecule has 0 spiro atoms. The first-order valence-corrected chi connectivity index (χ1v) is 9.02. The zero-order chi connectivity index (χ0) is 19.2. The summed E-state index contributed by atoms with van der Waals surface area (Å²) >= 11 is 1.20. The number of aliphatic carboxylic acids is 1. The van der Waals surface area contributed by atoms with Crippen LogP contribution in [-0.4, -0.2) is 22.6 Å². The van der Waals surface area contributed by atoms with Crippen molar-refractivity contribution in [1.29, 1.82) is 0 Å². The van der Waals surface area contributed by atoms with Crippen LogP contribution in [0.25, 0.3) is 0 Å². The van der Waals surface area contributed by atoms with E-state index >= 15 is 0 Å². The maximum atomic E-state index is 12.2. The van der Waals surface area contributed by atoms with E-state index in [1.54, 1.807) is 12.1 Å². The average Bonchev–Trinajstić information content (AvgIpc) is 3.17. The van der Waals surface area contributed by atoms with Gasteiger partial charge in [-0.25, -0.2) is 4.79 Å². The van der Waals surface area contributed by atoms with Crippen molar-refractivity contribution in [2.45, 2.75) is 12.5 Å². The fraction of sp³-hybridized carbons (Fsp3) is 0.0952. The van der Waals surface area contributed by atoms with Crippen LogP contribution in [0.5, 0.6) is 5.75 Å². The van der Waals surface area contributed by atoms with Crippen molar-refractivity contribution in [1.82, 2.24) is 0 Å². The van der Waals surface area contributed by atoms with Gasteiger partial charge in [0.1, 0.15) is 5.75 Å². The van der Waals surface area contributed by atoms with Crippen LogP contribution in [0.15, 0.2) is 72.8 Å². The second-order valence-corrected chi connectivity index (χ2v) is 6.87. The third kappa shape index (κ3) is 4.68. The van der Waals surface area contributed by atoms with Crippen LogP contribution in [0, 0.1) is 0 Å². The predicted molar refractivity (Wildman–Crippen MR) is 101 cm³/mol. The summed E-state index contributed by atoms with van der Waals surface area (Å²) in [6, 6.07) is 22.3. The van der Waals surface area contributed by atoms with E-state index in [0.717, 1.165) is 10.4 Å². The smallest absolute Gasteiger partial charge is 0.372 e. The van der Waals surface area contributed by atoms with Gasteiger partial charge < -0.3 is 9.84 Å². The van der Waals surface area contributed by atoms with Crippen molar-refractivity contribution in [2.75, 3.05) is 0 Å². The van der Waals surface area contributed by atoms with Gasteiger partial charge in [-0.1, -0.05) is 48.5 Å². The number of para-hydroxylation sites is 1. The SMILES string of the molecule is O=C(O)C(=O)CC(=O)c1ccc(C(Oc2ccccc2)c2ccccc2)s1. The van der Waals surface area contributed by atoms with Crippen molar-refractivity contribution in [2.24, 2.45) is 0 Å². The highest BCUT2D eigenvalue weighted by atomic mass is 32.1. The quantitative estimate of drug-likeness (QED) is 0.361. The fourth-order valence-corrected chi connectivity index (χ4v) is 3.51. The van der Waals surface area contributed by atoms with E-state index < -0.39 is 30.1 Å². The number of Topliss-reactive ketones (excluding diaryl/α,β-unsaturated/α-hetero) is 2. The van der Waals surface area contributed by atoms with E-state index in [9.17, 15) is 14.4 Å². The molecule has 1 aromatic heterocycles. The second-order valence-electron chi connectivity index (χ2n) is 5.75. The number of carbonyl (C=O) groups is 3. The first-order chi connectivity index (χ1) is 13.0. The summed E-state index contributed by atoms with van der Waals surface area (Å²) in [5.41, 5.74) is 0.920. The molecule has 0 aliphatic carbocycles. The van der Waals surface area contributed by atoms with Crippen LogP contribution in [0.4, 0.5) is 0 Å². The maximum Gasteiger partial charge on any atom is 0.372 e. The first-order valence-electron chi connectivity index (χ1n) is 8.20. The van der Waals surface area contributed by atoms with E-state index in [-0.39, 0.29) is 0 Å². The van der Waals surface area contributed by atoms with Crippen LogP contribution in [0.3, 0.4) is 0 Å². The molecule has 136 valence electrons. The Morgan fingerprint density at radius 1 is 0.889 bits per heavy atom. The molecule has 27 heavy (non-hydrogen) atoms. The molecule has 0 saturated heterocycles. The zero-order valence-corrected chi connectivity index (χ0v) is 15.0. The molecule has 1 N–H and O–H groups in total. The number of carbonyl (C=O) groups excluding carboxylic acids is 2. The van der Waals surface area contributed by atoms with E-state index in [0.29, 0.717) is 10.6 Å². The minimum absolute atomic E-state index is 0.331. The zero-order valence-electron chi connectivity index (χ0n) is 14.2. The van der Waals surface area contributed by atoms with E-state index in [2.05, 4.69) is 0 Å². The number of rotatable bonds is 8. The molecular formula is C21H16O5S. The molecule has 0 amide bonds. The Morgan fingerprint density at radius 3 is 2.15 bits per heavy atom. The molecule has 0 saturated carbocycles. The third-order valence-corrected chi connectivity index (χ3v) is 4.99. The van der Waals surface area contributed by atoms with Gasteiger partial charge in [0.25, 0.3) is 0 Å².